The van der Waals surface area contributed by atoms with Crippen molar-refractivity contribution >= 4 is 52.1 Å². The van der Waals surface area contributed by atoms with Gasteiger partial charge in [0.15, 0.2) is 0 Å². The molecule has 2 aromatic rings. The summed E-state index contributed by atoms with van der Waals surface area (Å²) in [7, 11) is 0. The maximum absolute atomic E-state index is 12.2. The molecule has 0 saturated carbocycles. The largest absolute Gasteiger partial charge is 0.272 e. The van der Waals surface area contributed by atoms with Crippen molar-refractivity contribution < 1.29 is 4.79 Å². The van der Waals surface area contributed by atoms with Crippen LogP contribution in [0.5, 0.6) is 0 Å². The van der Waals surface area contributed by atoms with E-state index in [9.17, 15) is 4.79 Å². The molecule has 0 unspecified atom stereocenters. The zero-order chi connectivity index (χ0) is 15.0. The number of nitrogens with zero attached hydrogens (tertiary/aromatic N) is 2. The van der Waals surface area contributed by atoms with Crippen LogP contribution in [0.25, 0.3) is 0 Å². The van der Waals surface area contributed by atoms with Crippen molar-refractivity contribution in [1.82, 2.24) is 0 Å². The first-order chi connectivity index (χ1) is 10.1. The first kappa shape index (κ1) is 14.4. The van der Waals surface area contributed by atoms with Gasteiger partial charge in [0.05, 0.1) is 22.8 Å². The molecular weight excluding hydrogens is 331 g/mol. The highest BCUT2D eigenvalue weighted by atomic mass is 35.5. The second-order valence-electron chi connectivity index (χ2n) is 4.50. The van der Waals surface area contributed by atoms with Gasteiger partial charge in [-0.1, -0.05) is 53.0 Å². The fraction of sp³-hybridized carbons (Fsp3) is 0.0667. The fourth-order valence-electron chi connectivity index (χ4n) is 2.12. The van der Waals surface area contributed by atoms with Crippen LogP contribution >= 0.6 is 34.8 Å². The van der Waals surface area contributed by atoms with E-state index in [2.05, 4.69) is 5.10 Å². The summed E-state index contributed by atoms with van der Waals surface area (Å²) in [6, 6.07) is 12.2. The van der Waals surface area contributed by atoms with Crippen molar-refractivity contribution in [2.45, 2.75) is 6.42 Å². The smallest absolute Gasteiger partial charge is 0.253 e. The summed E-state index contributed by atoms with van der Waals surface area (Å²) in [6.07, 6.45) is 0.183. The number of hydrogen-bond donors (Lipinski definition) is 0. The van der Waals surface area contributed by atoms with E-state index in [-0.39, 0.29) is 12.3 Å². The lowest BCUT2D eigenvalue weighted by Gasteiger charge is -2.13. The molecule has 0 atom stereocenters. The number of hydrogen-bond acceptors (Lipinski definition) is 2. The molecule has 3 nitrogen and oxygen atoms in total. The minimum atomic E-state index is -0.158. The molecule has 1 aliphatic rings. The highest BCUT2D eigenvalue weighted by Crippen LogP contribution is 2.32. The van der Waals surface area contributed by atoms with E-state index in [4.69, 9.17) is 34.8 Å². The van der Waals surface area contributed by atoms with Crippen molar-refractivity contribution in [1.29, 1.82) is 0 Å². The minimum Gasteiger partial charge on any atom is -0.272 e. The molecule has 0 fully saturated rings. The molecule has 1 aliphatic heterocycles. The Morgan fingerprint density at radius 3 is 2.48 bits per heavy atom. The number of carbonyl (C=O) groups is 1. The Kier molecular flexibility index (Phi) is 3.89. The van der Waals surface area contributed by atoms with Crippen LogP contribution in [-0.4, -0.2) is 11.6 Å². The topological polar surface area (TPSA) is 32.7 Å². The number of amides is 1. The van der Waals surface area contributed by atoms with E-state index < -0.39 is 0 Å². The van der Waals surface area contributed by atoms with E-state index in [0.29, 0.717) is 26.5 Å². The standard InChI is InChI=1S/C15H9Cl3N2O/c16-9-5-6-14(12(18)7-9)20-15(21)8-13(19-20)10-3-1-2-4-11(10)17/h1-7H,8H2. The Labute approximate surface area is 136 Å². The molecule has 0 N–H and O–H groups in total. The average molecular weight is 340 g/mol. The van der Waals surface area contributed by atoms with E-state index in [1.807, 2.05) is 18.2 Å². The first-order valence-electron chi connectivity index (χ1n) is 6.16. The van der Waals surface area contributed by atoms with Crippen molar-refractivity contribution in [2.24, 2.45) is 5.10 Å². The van der Waals surface area contributed by atoms with E-state index >= 15 is 0 Å². The third-order valence-corrected chi connectivity index (χ3v) is 3.97. The number of carbonyl (C=O) groups excluding carboxylic acids is 1. The quantitative estimate of drug-likeness (QED) is 0.774. The third-order valence-electron chi connectivity index (χ3n) is 3.10. The molecule has 0 bridgehead atoms. The van der Waals surface area contributed by atoms with Crippen molar-refractivity contribution in [3.63, 3.8) is 0 Å². The van der Waals surface area contributed by atoms with Gasteiger partial charge in [-0.3, -0.25) is 4.79 Å². The Balaban J connectivity index is 2.01. The zero-order valence-corrected chi connectivity index (χ0v) is 13.0. The lowest BCUT2D eigenvalue weighted by molar-refractivity contribution is -0.116. The van der Waals surface area contributed by atoms with Crippen LogP contribution in [0.4, 0.5) is 5.69 Å². The number of halogens is 3. The molecule has 0 aromatic heterocycles. The van der Waals surface area contributed by atoms with Crippen LogP contribution in [0, 0.1) is 0 Å². The molecule has 0 radical (unpaired) electrons. The summed E-state index contributed by atoms with van der Waals surface area (Å²) in [4.78, 5) is 12.2. The summed E-state index contributed by atoms with van der Waals surface area (Å²) < 4.78 is 0. The summed E-state index contributed by atoms with van der Waals surface area (Å²) in [5.41, 5.74) is 1.88. The van der Waals surface area contributed by atoms with Gasteiger partial charge in [-0.15, -0.1) is 0 Å². The van der Waals surface area contributed by atoms with Crippen molar-refractivity contribution in [3.05, 3.63) is 63.1 Å². The Hall–Kier alpha value is -1.55. The highest BCUT2D eigenvalue weighted by Gasteiger charge is 2.28. The molecular formula is C15H9Cl3N2O. The summed E-state index contributed by atoms with van der Waals surface area (Å²) >= 11 is 18.1. The van der Waals surface area contributed by atoms with Gasteiger partial charge in [0.1, 0.15) is 0 Å². The molecule has 0 aliphatic carbocycles. The van der Waals surface area contributed by atoms with Gasteiger partial charge < -0.3 is 0 Å². The van der Waals surface area contributed by atoms with Crippen LogP contribution < -0.4 is 5.01 Å². The number of rotatable bonds is 2. The molecule has 1 heterocycles. The Morgan fingerprint density at radius 2 is 1.76 bits per heavy atom. The molecule has 0 saturated heterocycles. The lowest BCUT2D eigenvalue weighted by atomic mass is 10.1. The van der Waals surface area contributed by atoms with Crippen LogP contribution in [-0.2, 0) is 4.79 Å². The number of hydrazone groups is 1. The van der Waals surface area contributed by atoms with E-state index in [1.165, 1.54) is 5.01 Å². The van der Waals surface area contributed by atoms with E-state index in [0.717, 1.165) is 5.56 Å². The first-order valence-corrected chi connectivity index (χ1v) is 7.30. The van der Waals surface area contributed by atoms with Gasteiger partial charge >= 0.3 is 0 Å². The second kappa shape index (κ2) is 5.68. The molecule has 6 heteroatoms. The van der Waals surface area contributed by atoms with Crippen LogP contribution in [0.2, 0.25) is 15.1 Å². The van der Waals surface area contributed by atoms with Gasteiger partial charge in [0.25, 0.3) is 5.91 Å². The molecule has 21 heavy (non-hydrogen) atoms. The van der Waals surface area contributed by atoms with Gasteiger partial charge in [0.2, 0.25) is 0 Å². The summed E-state index contributed by atoms with van der Waals surface area (Å²) in [6.45, 7) is 0. The highest BCUT2D eigenvalue weighted by molar-refractivity contribution is 6.38. The summed E-state index contributed by atoms with van der Waals surface area (Å²) in [5, 5.41) is 7.08. The number of anilines is 1. The van der Waals surface area contributed by atoms with E-state index in [1.54, 1.807) is 24.3 Å². The molecule has 0 spiro atoms. The van der Waals surface area contributed by atoms with Gasteiger partial charge in [-0.05, 0) is 24.3 Å². The molecule has 1 amide bonds. The van der Waals surface area contributed by atoms with Gasteiger partial charge in [-0.2, -0.15) is 10.1 Å². The predicted molar refractivity (Wildman–Crippen MR) is 86.6 cm³/mol. The molecule has 106 valence electrons. The van der Waals surface area contributed by atoms with Gasteiger partial charge in [-0.25, -0.2) is 0 Å². The molecule has 3 rings (SSSR count). The maximum atomic E-state index is 12.2. The Morgan fingerprint density at radius 1 is 1.00 bits per heavy atom. The second-order valence-corrected chi connectivity index (χ2v) is 5.76. The van der Waals surface area contributed by atoms with Crippen LogP contribution in [0.1, 0.15) is 12.0 Å². The average Bonchev–Trinajstić information content (AvgIpc) is 2.81. The van der Waals surface area contributed by atoms with Gasteiger partial charge in [0, 0.05) is 15.6 Å². The Bertz CT molecular complexity index is 758. The van der Waals surface area contributed by atoms with Crippen LogP contribution in [0.15, 0.2) is 47.6 Å². The number of benzene rings is 2. The monoisotopic (exact) mass is 338 g/mol. The fourth-order valence-corrected chi connectivity index (χ4v) is 2.85. The maximum Gasteiger partial charge on any atom is 0.253 e. The normalized spacial score (nSPS) is 14.5. The van der Waals surface area contributed by atoms with Crippen molar-refractivity contribution in [2.75, 3.05) is 5.01 Å². The zero-order valence-electron chi connectivity index (χ0n) is 10.7. The lowest BCUT2D eigenvalue weighted by Crippen LogP contribution is -2.19. The SMILES string of the molecule is O=C1CC(c2ccccc2Cl)=NN1c1ccc(Cl)cc1Cl. The summed E-state index contributed by atoms with van der Waals surface area (Å²) in [5.74, 6) is -0.158. The van der Waals surface area contributed by atoms with Crippen LogP contribution in [0.3, 0.4) is 0 Å². The molecule has 2 aromatic carbocycles. The van der Waals surface area contributed by atoms with Crippen molar-refractivity contribution in [3.8, 4) is 0 Å². The predicted octanol–water partition coefficient (Wildman–Crippen LogP) is 4.79. The minimum absolute atomic E-state index is 0.158. The third kappa shape index (κ3) is 2.77.